The van der Waals surface area contributed by atoms with Crippen molar-refractivity contribution in [3.8, 4) is 0 Å². The van der Waals surface area contributed by atoms with Crippen LogP contribution < -0.4 is 4.90 Å². The van der Waals surface area contributed by atoms with Gasteiger partial charge in [0, 0.05) is 29.5 Å². The molecule has 25 heavy (non-hydrogen) atoms. The molecule has 0 bridgehead atoms. The summed E-state index contributed by atoms with van der Waals surface area (Å²) >= 11 is 6.06. The van der Waals surface area contributed by atoms with Gasteiger partial charge in [-0.3, -0.25) is 9.79 Å². The highest BCUT2D eigenvalue weighted by Crippen LogP contribution is 2.31. The van der Waals surface area contributed by atoms with Gasteiger partial charge < -0.3 is 4.90 Å². The molecule has 1 aliphatic heterocycles. The molecule has 1 atom stereocenters. The molecule has 0 aromatic heterocycles. The second-order valence-electron chi connectivity index (χ2n) is 5.70. The number of benzodiazepines with no additional fused rings is 1. The molecular weight excluding hydrogens is 367 g/mol. The van der Waals surface area contributed by atoms with Crippen molar-refractivity contribution >= 4 is 38.7 Å². The zero-order chi connectivity index (χ0) is 18.4. The first-order valence-electron chi connectivity index (χ1n) is 7.29. The number of hydrogen-bond donors (Lipinski definition) is 0. The number of hydrogen-bond acceptors (Lipinski definition) is 4. The van der Waals surface area contributed by atoms with Crippen molar-refractivity contribution in [1.82, 2.24) is 0 Å². The first-order chi connectivity index (χ1) is 11.7. The molecule has 0 saturated heterocycles. The molecule has 0 aliphatic carbocycles. The number of sulfone groups is 1. The van der Waals surface area contributed by atoms with E-state index in [1.54, 1.807) is 18.2 Å². The third kappa shape index (κ3) is 3.17. The number of rotatable bonds is 2. The highest BCUT2D eigenvalue weighted by molar-refractivity contribution is 7.92. The van der Waals surface area contributed by atoms with Gasteiger partial charge in [0.05, 0.1) is 11.4 Å². The standard InChI is InChI=1S/C17H14ClFN2O3S/c1-21-14-8-7-10(18)9-12(14)15(11-5-3-4-6-13(11)19)20-16(17(21)22)25(2,23)24/h3-9,16H,1-2H3. The predicted molar refractivity (Wildman–Crippen MR) is 95.5 cm³/mol. The zero-order valence-corrected chi connectivity index (χ0v) is 15.0. The Kier molecular flexibility index (Phi) is 4.38. The van der Waals surface area contributed by atoms with Crippen LogP contribution in [0.15, 0.2) is 47.5 Å². The van der Waals surface area contributed by atoms with E-state index < -0.39 is 26.9 Å². The summed E-state index contributed by atoms with van der Waals surface area (Å²) < 4.78 is 38.6. The number of fused-ring (bicyclic) bond motifs is 1. The smallest absolute Gasteiger partial charge is 0.267 e. The topological polar surface area (TPSA) is 66.8 Å². The van der Waals surface area contributed by atoms with Crippen LogP contribution in [0.1, 0.15) is 11.1 Å². The van der Waals surface area contributed by atoms with Crippen LogP contribution in [0.2, 0.25) is 5.02 Å². The lowest BCUT2D eigenvalue weighted by Crippen LogP contribution is -2.39. The van der Waals surface area contributed by atoms with E-state index >= 15 is 0 Å². The molecule has 0 saturated carbocycles. The highest BCUT2D eigenvalue weighted by atomic mass is 35.5. The average Bonchev–Trinajstić information content (AvgIpc) is 2.64. The summed E-state index contributed by atoms with van der Waals surface area (Å²) in [5.74, 6) is -1.28. The van der Waals surface area contributed by atoms with Crippen LogP contribution in [-0.2, 0) is 14.6 Å². The lowest BCUT2D eigenvalue weighted by atomic mass is 10.00. The van der Waals surface area contributed by atoms with E-state index in [0.717, 1.165) is 6.26 Å². The van der Waals surface area contributed by atoms with E-state index in [0.29, 0.717) is 16.3 Å². The van der Waals surface area contributed by atoms with Crippen molar-refractivity contribution < 1.29 is 17.6 Å². The largest absolute Gasteiger partial charge is 0.312 e. The SMILES string of the molecule is CN1C(=O)C(S(C)(=O)=O)N=C(c2ccccc2F)c2cc(Cl)ccc21. The molecule has 0 N–H and O–H groups in total. The van der Waals surface area contributed by atoms with Crippen LogP contribution in [0.3, 0.4) is 0 Å². The summed E-state index contributed by atoms with van der Waals surface area (Å²) in [6, 6.07) is 10.5. The number of amides is 1. The summed E-state index contributed by atoms with van der Waals surface area (Å²) in [4.78, 5) is 17.9. The maximum atomic E-state index is 14.4. The first-order valence-corrected chi connectivity index (χ1v) is 9.62. The normalized spacial score (nSPS) is 17.8. The van der Waals surface area contributed by atoms with Crippen LogP contribution in [0.25, 0.3) is 0 Å². The fourth-order valence-corrected chi connectivity index (χ4v) is 3.66. The van der Waals surface area contributed by atoms with Crippen LogP contribution >= 0.6 is 11.6 Å². The van der Waals surface area contributed by atoms with Crippen LogP contribution in [-0.4, -0.2) is 38.7 Å². The molecule has 1 heterocycles. The molecule has 130 valence electrons. The Hall–Kier alpha value is -2.25. The van der Waals surface area contributed by atoms with Gasteiger partial charge in [-0.15, -0.1) is 0 Å². The van der Waals surface area contributed by atoms with Gasteiger partial charge in [-0.05, 0) is 30.3 Å². The first kappa shape index (κ1) is 17.6. The van der Waals surface area contributed by atoms with E-state index in [1.807, 2.05) is 0 Å². The maximum absolute atomic E-state index is 14.4. The van der Waals surface area contributed by atoms with E-state index in [-0.39, 0.29) is 11.3 Å². The molecule has 3 rings (SSSR count). The van der Waals surface area contributed by atoms with Crippen molar-refractivity contribution in [3.63, 3.8) is 0 Å². The molecule has 1 aliphatic rings. The number of anilines is 1. The van der Waals surface area contributed by atoms with Crippen molar-refractivity contribution in [1.29, 1.82) is 0 Å². The van der Waals surface area contributed by atoms with E-state index in [2.05, 4.69) is 4.99 Å². The Morgan fingerprint density at radius 1 is 1.16 bits per heavy atom. The fourth-order valence-electron chi connectivity index (χ4n) is 2.66. The summed E-state index contributed by atoms with van der Waals surface area (Å²) in [6.45, 7) is 0. The van der Waals surface area contributed by atoms with Crippen molar-refractivity contribution in [2.45, 2.75) is 5.37 Å². The van der Waals surface area contributed by atoms with Gasteiger partial charge in [0.2, 0.25) is 5.37 Å². The fraction of sp³-hybridized carbons (Fsp3) is 0.176. The Bertz CT molecular complexity index is 1000. The number of halogens is 2. The molecule has 1 unspecified atom stereocenters. The Morgan fingerprint density at radius 2 is 1.84 bits per heavy atom. The second-order valence-corrected chi connectivity index (χ2v) is 8.24. The quantitative estimate of drug-likeness (QED) is 0.804. The maximum Gasteiger partial charge on any atom is 0.267 e. The third-order valence-electron chi connectivity index (χ3n) is 3.90. The predicted octanol–water partition coefficient (Wildman–Crippen LogP) is 2.66. The summed E-state index contributed by atoms with van der Waals surface area (Å²) in [7, 11) is -2.40. The van der Waals surface area contributed by atoms with Gasteiger partial charge in [0.15, 0.2) is 9.84 Å². The van der Waals surface area contributed by atoms with E-state index in [4.69, 9.17) is 11.6 Å². The minimum absolute atomic E-state index is 0.0729. The molecular formula is C17H14ClFN2O3S. The molecule has 0 fully saturated rings. The van der Waals surface area contributed by atoms with Crippen LogP contribution in [0.4, 0.5) is 10.1 Å². The zero-order valence-electron chi connectivity index (χ0n) is 13.4. The molecule has 0 radical (unpaired) electrons. The Morgan fingerprint density at radius 3 is 2.48 bits per heavy atom. The van der Waals surface area contributed by atoms with Gasteiger partial charge in [-0.2, -0.15) is 0 Å². The van der Waals surface area contributed by atoms with Gasteiger partial charge in [0.1, 0.15) is 5.82 Å². The summed E-state index contributed by atoms with van der Waals surface area (Å²) in [6.07, 6.45) is 0.925. The minimum atomic E-state index is -3.85. The van der Waals surface area contributed by atoms with Crippen molar-refractivity contribution in [2.24, 2.45) is 4.99 Å². The van der Waals surface area contributed by atoms with Crippen LogP contribution in [0.5, 0.6) is 0 Å². The number of nitrogens with zero attached hydrogens (tertiary/aromatic N) is 2. The number of likely N-dealkylation sites (N-methyl/N-ethyl adjacent to an activating group) is 1. The Balaban J connectivity index is 2.38. The molecule has 5 nitrogen and oxygen atoms in total. The minimum Gasteiger partial charge on any atom is -0.312 e. The number of carbonyl (C=O) groups is 1. The average molecular weight is 381 g/mol. The highest BCUT2D eigenvalue weighted by Gasteiger charge is 2.36. The monoisotopic (exact) mass is 380 g/mol. The van der Waals surface area contributed by atoms with Gasteiger partial charge in [0.25, 0.3) is 5.91 Å². The second kappa shape index (κ2) is 6.24. The number of benzene rings is 2. The lowest BCUT2D eigenvalue weighted by Gasteiger charge is -2.19. The molecule has 2 aromatic carbocycles. The lowest BCUT2D eigenvalue weighted by molar-refractivity contribution is -0.117. The molecule has 0 spiro atoms. The number of carbonyl (C=O) groups excluding carboxylic acids is 1. The van der Waals surface area contributed by atoms with Crippen LogP contribution in [0, 0.1) is 5.82 Å². The molecule has 2 aromatic rings. The van der Waals surface area contributed by atoms with E-state index in [1.165, 1.54) is 36.2 Å². The van der Waals surface area contributed by atoms with Crippen molar-refractivity contribution in [3.05, 3.63) is 64.4 Å². The van der Waals surface area contributed by atoms with E-state index in [9.17, 15) is 17.6 Å². The molecule has 1 amide bonds. The third-order valence-corrected chi connectivity index (χ3v) is 5.25. The van der Waals surface area contributed by atoms with Gasteiger partial charge in [-0.1, -0.05) is 23.7 Å². The summed E-state index contributed by atoms with van der Waals surface area (Å²) in [5, 5.41) is -1.29. The Labute approximate surface area is 149 Å². The van der Waals surface area contributed by atoms with Crippen molar-refractivity contribution in [2.75, 3.05) is 18.2 Å². The summed E-state index contributed by atoms with van der Waals surface area (Å²) in [5.41, 5.74) is 0.966. The molecule has 8 heteroatoms. The number of aliphatic imine (C=N–C) groups is 1. The van der Waals surface area contributed by atoms with Gasteiger partial charge >= 0.3 is 0 Å². The van der Waals surface area contributed by atoms with Gasteiger partial charge in [-0.25, -0.2) is 12.8 Å².